The maximum absolute atomic E-state index is 12.3. The third kappa shape index (κ3) is 5.35. The minimum atomic E-state index is -0.763. The number of aryl methyl sites for hydroxylation is 1. The Balaban J connectivity index is 1.63. The SMILES string of the molecule is COc1cc(C(=O)OCC(=O)Nc2sc3c(c2C(N)=O)CCCC3)ccc1OCC(N)=O. The lowest BCUT2D eigenvalue weighted by Gasteiger charge is -2.11. The van der Waals surface area contributed by atoms with Crippen LogP contribution in [-0.2, 0) is 27.2 Å². The van der Waals surface area contributed by atoms with Gasteiger partial charge in [-0.25, -0.2) is 4.79 Å². The molecule has 10 nitrogen and oxygen atoms in total. The molecule has 0 saturated heterocycles. The molecule has 0 bridgehead atoms. The quantitative estimate of drug-likeness (QED) is 0.476. The van der Waals surface area contributed by atoms with Gasteiger partial charge in [0.2, 0.25) is 0 Å². The zero-order valence-corrected chi connectivity index (χ0v) is 18.2. The van der Waals surface area contributed by atoms with Crippen LogP contribution < -0.4 is 26.3 Å². The highest BCUT2D eigenvalue weighted by atomic mass is 32.1. The van der Waals surface area contributed by atoms with E-state index in [0.29, 0.717) is 10.6 Å². The first kappa shape index (κ1) is 23.1. The fraction of sp³-hybridized carbons (Fsp3) is 0.333. The van der Waals surface area contributed by atoms with E-state index < -0.39 is 30.3 Å². The van der Waals surface area contributed by atoms with Crippen molar-refractivity contribution >= 4 is 40.0 Å². The Morgan fingerprint density at radius 3 is 2.50 bits per heavy atom. The number of esters is 1. The van der Waals surface area contributed by atoms with Crippen LogP contribution in [0.3, 0.4) is 0 Å². The summed E-state index contributed by atoms with van der Waals surface area (Å²) < 4.78 is 15.4. The molecular formula is C21H23N3O7S. The van der Waals surface area contributed by atoms with Gasteiger partial charge in [-0.3, -0.25) is 14.4 Å². The number of fused-ring (bicyclic) bond motifs is 1. The molecular weight excluding hydrogens is 438 g/mol. The number of anilines is 1. The van der Waals surface area contributed by atoms with Crippen molar-refractivity contribution in [2.75, 3.05) is 25.6 Å². The number of carbonyl (C=O) groups is 4. The van der Waals surface area contributed by atoms with Gasteiger partial charge in [-0.2, -0.15) is 0 Å². The molecule has 170 valence electrons. The number of amides is 3. The Hall–Kier alpha value is -3.60. The number of primary amides is 2. The second kappa shape index (κ2) is 10.1. The second-order valence-electron chi connectivity index (χ2n) is 7.02. The maximum Gasteiger partial charge on any atom is 0.338 e. The van der Waals surface area contributed by atoms with E-state index in [0.717, 1.165) is 36.1 Å². The normalized spacial score (nSPS) is 12.4. The van der Waals surface area contributed by atoms with E-state index in [1.54, 1.807) is 0 Å². The van der Waals surface area contributed by atoms with Crippen molar-refractivity contribution in [3.05, 3.63) is 39.8 Å². The van der Waals surface area contributed by atoms with Crippen molar-refractivity contribution in [2.45, 2.75) is 25.7 Å². The van der Waals surface area contributed by atoms with Crippen LogP contribution in [0.15, 0.2) is 18.2 Å². The molecule has 0 saturated carbocycles. The van der Waals surface area contributed by atoms with E-state index in [1.807, 2.05) is 0 Å². The summed E-state index contributed by atoms with van der Waals surface area (Å²) >= 11 is 1.33. The Labute approximate surface area is 187 Å². The van der Waals surface area contributed by atoms with Crippen LogP contribution in [0.25, 0.3) is 0 Å². The molecule has 1 aliphatic rings. The van der Waals surface area contributed by atoms with Gasteiger partial charge in [0.25, 0.3) is 17.7 Å². The summed E-state index contributed by atoms with van der Waals surface area (Å²) in [6.45, 7) is -0.901. The second-order valence-corrected chi connectivity index (χ2v) is 8.13. The number of hydrogen-bond acceptors (Lipinski definition) is 8. The van der Waals surface area contributed by atoms with Gasteiger partial charge in [-0.15, -0.1) is 11.3 Å². The molecule has 1 aromatic heterocycles. The molecule has 1 aromatic carbocycles. The lowest BCUT2D eigenvalue weighted by molar-refractivity contribution is -0.120. The molecule has 11 heteroatoms. The standard InChI is InChI=1S/C21H23N3O7S/c1-29-14-8-11(6-7-13(14)30-9-16(22)25)21(28)31-10-17(26)24-20-18(19(23)27)12-4-2-3-5-15(12)32-20/h6-8H,2-5,9-10H2,1H3,(H2,22,25)(H2,23,27)(H,24,26). The summed E-state index contributed by atoms with van der Waals surface area (Å²) in [5.41, 5.74) is 11.9. The van der Waals surface area contributed by atoms with E-state index in [2.05, 4.69) is 5.32 Å². The highest BCUT2D eigenvalue weighted by Gasteiger charge is 2.25. The lowest BCUT2D eigenvalue weighted by Crippen LogP contribution is -2.23. The number of nitrogens with two attached hydrogens (primary N) is 2. The van der Waals surface area contributed by atoms with Crippen LogP contribution in [0.2, 0.25) is 0 Å². The van der Waals surface area contributed by atoms with Gasteiger partial charge in [-0.1, -0.05) is 0 Å². The highest BCUT2D eigenvalue weighted by Crippen LogP contribution is 2.37. The Kier molecular flexibility index (Phi) is 7.31. The zero-order chi connectivity index (χ0) is 23.3. The molecule has 0 spiro atoms. The number of ether oxygens (including phenoxy) is 3. The van der Waals surface area contributed by atoms with E-state index in [4.69, 9.17) is 25.7 Å². The average Bonchev–Trinajstić information content (AvgIpc) is 3.13. The number of nitrogens with one attached hydrogen (secondary N) is 1. The van der Waals surface area contributed by atoms with Crippen molar-refractivity contribution in [3.63, 3.8) is 0 Å². The summed E-state index contributed by atoms with van der Waals surface area (Å²) in [5, 5.41) is 3.01. The minimum absolute atomic E-state index is 0.116. The summed E-state index contributed by atoms with van der Waals surface area (Å²) in [6.07, 6.45) is 3.57. The van der Waals surface area contributed by atoms with Gasteiger partial charge < -0.3 is 31.0 Å². The molecule has 0 atom stereocenters. The van der Waals surface area contributed by atoms with Crippen LogP contribution in [0.4, 0.5) is 5.00 Å². The number of rotatable bonds is 9. The molecule has 0 unspecified atom stereocenters. The van der Waals surface area contributed by atoms with Gasteiger partial charge in [0, 0.05) is 4.88 Å². The van der Waals surface area contributed by atoms with Gasteiger partial charge in [0.1, 0.15) is 5.00 Å². The summed E-state index contributed by atoms with van der Waals surface area (Å²) in [7, 11) is 1.37. The molecule has 1 heterocycles. The highest BCUT2D eigenvalue weighted by molar-refractivity contribution is 7.17. The van der Waals surface area contributed by atoms with Crippen LogP contribution in [0.1, 0.15) is 44.0 Å². The minimum Gasteiger partial charge on any atom is -0.493 e. The van der Waals surface area contributed by atoms with Crippen LogP contribution in [0, 0.1) is 0 Å². The zero-order valence-electron chi connectivity index (χ0n) is 17.4. The molecule has 2 aromatic rings. The fourth-order valence-electron chi connectivity index (χ4n) is 3.35. The van der Waals surface area contributed by atoms with Gasteiger partial charge >= 0.3 is 5.97 Å². The smallest absolute Gasteiger partial charge is 0.338 e. The van der Waals surface area contributed by atoms with Crippen molar-refractivity contribution in [3.8, 4) is 11.5 Å². The van der Waals surface area contributed by atoms with E-state index >= 15 is 0 Å². The topological polar surface area (TPSA) is 160 Å². The van der Waals surface area contributed by atoms with Crippen molar-refractivity contribution in [1.82, 2.24) is 0 Å². The van der Waals surface area contributed by atoms with E-state index in [1.165, 1.54) is 36.6 Å². The van der Waals surface area contributed by atoms with Crippen LogP contribution in [-0.4, -0.2) is 44.0 Å². The van der Waals surface area contributed by atoms with E-state index in [9.17, 15) is 19.2 Å². The molecule has 3 rings (SSSR count). The number of thiophene rings is 1. The maximum atomic E-state index is 12.3. The van der Waals surface area contributed by atoms with Gasteiger partial charge in [0.05, 0.1) is 18.2 Å². The summed E-state index contributed by atoms with van der Waals surface area (Å²) in [6, 6.07) is 4.18. The lowest BCUT2D eigenvalue weighted by atomic mass is 9.95. The Bertz CT molecular complexity index is 1060. The first-order valence-electron chi connectivity index (χ1n) is 9.80. The molecule has 5 N–H and O–H groups in total. The predicted octanol–water partition coefficient (Wildman–Crippen LogP) is 1.39. The van der Waals surface area contributed by atoms with E-state index in [-0.39, 0.29) is 23.7 Å². The number of benzene rings is 1. The molecule has 1 aliphatic carbocycles. The van der Waals surface area contributed by atoms with Crippen LogP contribution >= 0.6 is 11.3 Å². The van der Waals surface area contributed by atoms with Crippen molar-refractivity contribution in [2.24, 2.45) is 11.5 Å². The first-order chi connectivity index (χ1) is 15.3. The number of hydrogen-bond donors (Lipinski definition) is 3. The largest absolute Gasteiger partial charge is 0.493 e. The van der Waals surface area contributed by atoms with Gasteiger partial charge in [0.15, 0.2) is 24.7 Å². The Morgan fingerprint density at radius 1 is 1.06 bits per heavy atom. The monoisotopic (exact) mass is 461 g/mol. The molecule has 0 aliphatic heterocycles. The fourth-order valence-corrected chi connectivity index (χ4v) is 4.67. The first-order valence-corrected chi connectivity index (χ1v) is 10.6. The molecule has 3 amide bonds. The van der Waals surface area contributed by atoms with Gasteiger partial charge in [-0.05, 0) is 49.4 Å². The average molecular weight is 461 g/mol. The third-order valence-corrected chi connectivity index (χ3v) is 5.98. The molecule has 0 radical (unpaired) electrons. The van der Waals surface area contributed by atoms with Crippen molar-refractivity contribution in [1.29, 1.82) is 0 Å². The van der Waals surface area contributed by atoms with Crippen LogP contribution in [0.5, 0.6) is 11.5 Å². The van der Waals surface area contributed by atoms with Crippen molar-refractivity contribution < 1.29 is 33.4 Å². The summed E-state index contributed by atoms with van der Waals surface area (Å²) in [4.78, 5) is 48.5. The molecule has 0 fully saturated rings. The molecule has 32 heavy (non-hydrogen) atoms. The summed E-state index contributed by atoms with van der Waals surface area (Å²) in [5.74, 6) is -2.19. The Morgan fingerprint density at radius 2 is 1.81 bits per heavy atom. The third-order valence-electron chi connectivity index (χ3n) is 4.77. The predicted molar refractivity (Wildman–Crippen MR) is 116 cm³/mol. The number of methoxy groups -OCH3 is 1. The number of carbonyl (C=O) groups excluding carboxylic acids is 4.